The summed E-state index contributed by atoms with van der Waals surface area (Å²) >= 11 is 0. The number of rotatable bonds is 4. The molecule has 0 spiro atoms. The van der Waals surface area contributed by atoms with E-state index in [-0.39, 0.29) is 0 Å². The normalized spacial score (nSPS) is 11.5. The highest BCUT2D eigenvalue weighted by Gasteiger charge is 1.97. The maximum absolute atomic E-state index is 3.81. The molecular weight excluding hydrogens is 134 g/mol. The molecule has 0 radical (unpaired) electrons. The number of likely N-dealkylation sites (N-methyl/N-ethyl adjacent to an activating group) is 1. The molecule has 0 rings (SSSR count). The van der Waals surface area contributed by atoms with Crippen LogP contribution in [0.1, 0.15) is 13.8 Å². The third-order valence-corrected chi connectivity index (χ3v) is 1.56. The second-order valence-electron chi connectivity index (χ2n) is 2.78. The molecule has 0 saturated carbocycles. The van der Waals surface area contributed by atoms with Gasteiger partial charge in [0.15, 0.2) is 0 Å². The van der Waals surface area contributed by atoms with Crippen molar-refractivity contribution in [3.63, 3.8) is 0 Å². The van der Waals surface area contributed by atoms with Gasteiger partial charge < -0.3 is 5.32 Å². The van der Waals surface area contributed by atoms with Crippen LogP contribution >= 0.6 is 0 Å². The topological polar surface area (TPSA) is 12.0 Å². The van der Waals surface area contributed by atoms with Crippen LogP contribution in [-0.2, 0) is 0 Å². The summed E-state index contributed by atoms with van der Waals surface area (Å²) in [6, 6.07) is 0. The van der Waals surface area contributed by atoms with Gasteiger partial charge in [0.2, 0.25) is 0 Å². The van der Waals surface area contributed by atoms with Gasteiger partial charge in [0.1, 0.15) is 0 Å². The summed E-state index contributed by atoms with van der Waals surface area (Å²) in [6.45, 7) is 11.8. The highest BCUT2D eigenvalue weighted by Crippen LogP contribution is 2.11. The van der Waals surface area contributed by atoms with Gasteiger partial charge in [-0.1, -0.05) is 33.1 Å². The van der Waals surface area contributed by atoms with Crippen molar-refractivity contribution in [2.75, 3.05) is 7.05 Å². The van der Waals surface area contributed by atoms with Gasteiger partial charge in [0.05, 0.1) is 0 Å². The van der Waals surface area contributed by atoms with Gasteiger partial charge in [0.25, 0.3) is 0 Å². The van der Waals surface area contributed by atoms with Gasteiger partial charge in [-0.15, -0.1) is 0 Å². The molecule has 0 amide bonds. The highest BCUT2D eigenvalue weighted by atomic mass is 14.8. The molecule has 11 heavy (non-hydrogen) atoms. The molecule has 0 unspecified atom stereocenters. The van der Waals surface area contributed by atoms with Crippen LogP contribution in [0.5, 0.6) is 0 Å². The summed E-state index contributed by atoms with van der Waals surface area (Å²) in [6.07, 6.45) is 3.88. The minimum atomic E-state index is 0.512. The van der Waals surface area contributed by atoms with Crippen LogP contribution < -0.4 is 5.32 Å². The Morgan fingerprint density at radius 3 is 2.27 bits per heavy atom. The van der Waals surface area contributed by atoms with Crippen LogP contribution in [0.15, 0.2) is 36.6 Å². The molecule has 0 aromatic carbocycles. The lowest BCUT2D eigenvalue weighted by molar-refractivity contribution is 0.788. The van der Waals surface area contributed by atoms with Crippen LogP contribution in [-0.4, -0.2) is 7.05 Å². The molecule has 1 heteroatoms. The first-order chi connectivity index (χ1) is 5.11. The zero-order valence-corrected chi connectivity index (χ0v) is 7.65. The van der Waals surface area contributed by atoms with Crippen molar-refractivity contribution >= 4 is 0 Å². The predicted molar refractivity (Wildman–Crippen MR) is 51.3 cm³/mol. The second kappa shape index (κ2) is 4.78. The Balaban J connectivity index is 4.35. The molecular formula is C10H17N. The van der Waals surface area contributed by atoms with E-state index >= 15 is 0 Å². The van der Waals surface area contributed by atoms with Crippen LogP contribution in [0.4, 0.5) is 0 Å². The van der Waals surface area contributed by atoms with Gasteiger partial charge in [-0.05, 0) is 17.6 Å². The average Bonchev–Trinajstić information content (AvgIpc) is 1.99. The van der Waals surface area contributed by atoms with E-state index in [1.165, 1.54) is 5.57 Å². The molecule has 0 saturated heterocycles. The van der Waals surface area contributed by atoms with E-state index in [2.05, 4.69) is 32.3 Å². The SMILES string of the molecule is C=C/C(=C\C(=C)NC)C(C)C. The Bertz CT molecular complexity index is 175. The Morgan fingerprint density at radius 2 is 2.00 bits per heavy atom. The summed E-state index contributed by atoms with van der Waals surface area (Å²) in [5.41, 5.74) is 2.14. The van der Waals surface area contributed by atoms with E-state index in [0.29, 0.717) is 5.92 Å². The Labute approximate surface area is 69.5 Å². The lowest BCUT2D eigenvalue weighted by Crippen LogP contribution is -2.03. The molecule has 0 aliphatic rings. The van der Waals surface area contributed by atoms with Gasteiger partial charge >= 0.3 is 0 Å². The molecule has 0 aliphatic carbocycles. The Kier molecular flexibility index (Phi) is 4.35. The van der Waals surface area contributed by atoms with E-state index in [4.69, 9.17) is 0 Å². The average molecular weight is 151 g/mol. The summed E-state index contributed by atoms with van der Waals surface area (Å²) < 4.78 is 0. The lowest BCUT2D eigenvalue weighted by Gasteiger charge is -2.06. The van der Waals surface area contributed by atoms with Crippen molar-refractivity contribution in [1.82, 2.24) is 5.32 Å². The molecule has 0 aliphatic heterocycles. The van der Waals surface area contributed by atoms with E-state index in [1.807, 2.05) is 19.2 Å². The number of hydrogen-bond acceptors (Lipinski definition) is 1. The van der Waals surface area contributed by atoms with Crippen LogP contribution in [0, 0.1) is 5.92 Å². The standard InChI is InChI=1S/C10H17N/c1-6-10(8(2)3)7-9(4)11-5/h6-8,11H,1,4H2,2-3,5H3/b10-7+. The zero-order chi connectivity index (χ0) is 8.85. The molecule has 1 nitrogen and oxygen atoms in total. The van der Waals surface area contributed by atoms with Crippen LogP contribution in [0.3, 0.4) is 0 Å². The van der Waals surface area contributed by atoms with E-state index in [1.54, 1.807) is 0 Å². The summed E-state index contributed by atoms with van der Waals surface area (Å²) in [4.78, 5) is 0. The van der Waals surface area contributed by atoms with Crippen molar-refractivity contribution in [2.24, 2.45) is 5.92 Å². The third kappa shape index (κ3) is 3.66. The van der Waals surface area contributed by atoms with Crippen molar-refractivity contribution in [3.8, 4) is 0 Å². The zero-order valence-electron chi connectivity index (χ0n) is 7.65. The predicted octanol–water partition coefficient (Wildman–Crippen LogP) is 2.49. The molecule has 0 aromatic heterocycles. The fraction of sp³-hybridized carbons (Fsp3) is 0.400. The van der Waals surface area contributed by atoms with Gasteiger partial charge in [-0.3, -0.25) is 0 Å². The molecule has 62 valence electrons. The van der Waals surface area contributed by atoms with Crippen molar-refractivity contribution in [1.29, 1.82) is 0 Å². The minimum absolute atomic E-state index is 0.512. The molecule has 1 N–H and O–H groups in total. The van der Waals surface area contributed by atoms with E-state index < -0.39 is 0 Å². The summed E-state index contributed by atoms with van der Waals surface area (Å²) in [5, 5.41) is 2.97. The monoisotopic (exact) mass is 151 g/mol. The maximum Gasteiger partial charge on any atom is 0.0267 e. The molecule has 0 atom stereocenters. The highest BCUT2D eigenvalue weighted by molar-refractivity contribution is 5.27. The number of hydrogen-bond donors (Lipinski definition) is 1. The lowest BCUT2D eigenvalue weighted by atomic mass is 10.0. The number of allylic oxidation sites excluding steroid dienone is 3. The fourth-order valence-corrected chi connectivity index (χ4v) is 0.735. The third-order valence-electron chi connectivity index (χ3n) is 1.56. The van der Waals surface area contributed by atoms with Crippen LogP contribution in [0.2, 0.25) is 0 Å². The fourth-order valence-electron chi connectivity index (χ4n) is 0.735. The second-order valence-corrected chi connectivity index (χ2v) is 2.78. The van der Waals surface area contributed by atoms with Crippen LogP contribution in [0.25, 0.3) is 0 Å². The van der Waals surface area contributed by atoms with Gasteiger partial charge in [-0.25, -0.2) is 0 Å². The Hall–Kier alpha value is -0.980. The maximum atomic E-state index is 3.81. The van der Waals surface area contributed by atoms with Gasteiger partial charge in [0, 0.05) is 12.7 Å². The summed E-state index contributed by atoms with van der Waals surface area (Å²) in [5.74, 6) is 0.512. The molecule has 0 fully saturated rings. The van der Waals surface area contributed by atoms with Crippen molar-refractivity contribution < 1.29 is 0 Å². The number of nitrogens with one attached hydrogen (secondary N) is 1. The first-order valence-corrected chi connectivity index (χ1v) is 3.82. The van der Waals surface area contributed by atoms with Gasteiger partial charge in [-0.2, -0.15) is 0 Å². The molecule has 0 heterocycles. The van der Waals surface area contributed by atoms with E-state index in [9.17, 15) is 0 Å². The molecule has 0 aromatic rings. The van der Waals surface area contributed by atoms with Crippen molar-refractivity contribution in [3.05, 3.63) is 36.6 Å². The Morgan fingerprint density at radius 1 is 1.45 bits per heavy atom. The van der Waals surface area contributed by atoms with E-state index in [0.717, 1.165) is 5.70 Å². The largest absolute Gasteiger partial charge is 0.389 e. The smallest absolute Gasteiger partial charge is 0.0267 e. The summed E-state index contributed by atoms with van der Waals surface area (Å²) in [7, 11) is 1.86. The quantitative estimate of drug-likeness (QED) is 0.609. The first-order valence-electron chi connectivity index (χ1n) is 3.82. The minimum Gasteiger partial charge on any atom is -0.389 e. The first kappa shape index (κ1) is 10.0. The van der Waals surface area contributed by atoms with Crippen molar-refractivity contribution in [2.45, 2.75) is 13.8 Å². The molecule has 0 bridgehead atoms.